The maximum atomic E-state index is 11.6. The summed E-state index contributed by atoms with van der Waals surface area (Å²) in [7, 11) is 4.92. The van der Waals surface area contributed by atoms with Gasteiger partial charge in [0.05, 0.1) is 27.4 Å². The number of nitrogens with zero attached hydrogens (tertiary/aromatic N) is 1. The average molecular weight is 341 g/mol. The summed E-state index contributed by atoms with van der Waals surface area (Å²) in [5.74, 6) is 2.25. The number of methoxy groups -OCH3 is 3. The summed E-state index contributed by atoms with van der Waals surface area (Å²) < 4.78 is 16.0. The van der Waals surface area contributed by atoms with Crippen LogP contribution in [0.1, 0.15) is 22.7 Å². The second-order valence-electron chi connectivity index (χ2n) is 6.07. The van der Waals surface area contributed by atoms with Gasteiger partial charge < -0.3 is 19.1 Å². The van der Waals surface area contributed by atoms with Crippen molar-refractivity contribution in [2.45, 2.75) is 18.9 Å². The Morgan fingerprint density at radius 3 is 2.52 bits per heavy atom. The molecule has 2 aromatic carbocycles. The Balaban J connectivity index is 1.94. The summed E-state index contributed by atoms with van der Waals surface area (Å²) in [4.78, 5) is 13.4. The molecule has 25 heavy (non-hydrogen) atoms. The predicted molar refractivity (Wildman–Crippen MR) is 95.5 cm³/mol. The molecule has 1 atom stereocenters. The van der Waals surface area contributed by atoms with Gasteiger partial charge in [0.1, 0.15) is 5.75 Å². The van der Waals surface area contributed by atoms with E-state index in [2.05, 4.69) is 12.1 Å². The van der Waals surface area contributed by atoms with E-state index in [9.17, 15) is 4.79 Å². The van der Waals surface area contributed by atoms with Gasteiger partial charge in [-0.15, -0.1) is 0 Å². The summed E-state index contributed by atoms with van der Waals surface area (Å²) in [6, 6.07) is 12.0. The second-order valence-corrected chi connectivity index (χ2v) is 6.07. The van der Waals surface area contributed by atoms with Crippen LogP contribution in [0.2, 0.25) is 0 Å². The van der Waals surface area contributed by atoms with Crippen molar-refractivity contribution >= 4 is 6.41 Å². The zero-order valence-electron chi connectivity index (χ0n) is 14.8. The van der Waals surface area contributed by atoms with Crippen LogP contribution in [0.3, 0.4) is 0 Å². The third kappa shape index (κ3) is 3.40. The Kier molecular flexibility index (Phi) is 5.12. The third-order valence-electron chi connectivity index (χ3n) is 4.76. The van der Waals surface area contributed by atoms with Crippen molar-refractivity contribution in [1.29, 1.82) is 0 Å². The Morgan fingerprint density at radius 2 is 1.84 bits per heavy atom. The summed E-state index contributed by atoms with van der Waals surface area (Å²) in [5.41, 5.74) is 3.51. The number of hydrogen-bond donors (Lipinski definition) is 0. The van der Waals surface area contributed by atoms with Gasteiger partial charge in [-0.2, -0.15) is 0 Å². The van der Waals surface area contributed by atoms with E-state index >= 15 is 0 Å². The molecule has 0 N–H and O–H groups in total. The fraction of sp³-hybridized carbons (Fsp3) is 0.350. The summed E-state index contributed by atoms with van der Waals surface area (Å²) in [6.45, 7) is 0.710. The molecule has 0 aromatic heterocycles. The number of hydrogen-bond acceptors (Lipinski definition) is 4. The molecule has 0 spiro atoms. The van der Waals surface area contributed by atoms with Gasteiger partial charge in [0.15, 0.2) is 11.5 Å². The number of rotatable bonds is 6. The molecule has 0 saturated heterocycles. The van der Waals surface area contributed by atoms with E-state index < -0.39 is 0 Å². The first kappa shape index (κ1) is 17.1. The lowest BCUT2D eigenvalue weighted by molar-refractivity contribution is -0.120. The molecule has 0 bridgehead atoms. The third-order valence-corrected chi connectivity index (χ3v) is 4.76. The highest BCUT2D eigenvalue weighted by Gasteiger charge is 2.27. The lowest BCUT2D eigenvalue weighted by Crippen LogP contribution is -2.35. The van der Waals surface area contributed by atoms with E-state index in [0.717, 1.165) is 30.6 Å². The molecule has 0 fully saturated rings. The highest BCUT2D eigenvalue weighted by atomic mass is 16.5. The molecular formula is C20H23NO4. The molecule has 1 aliphatic rings. The van der Waals surface area contributed by atoms with Crippen LogP contribution in [-0.4, -0.2) is 39.2 Å². The van der Waals surface area contributed by atoms with E-state index in [1.807, 2.05) is 29.2 Å². The van der Waals surface area contributed by atoms with Gasteiger partial charge in [-0.1, -0.05) is 12.1 Å². The van der Waals surface area contributed by atoms with E-state index in [1.165, 1.54) is 11.1 Å². The Labute approximate surface area is 148 Å². The number of fused-ring (bicyclic) bond motifs is 1. The minimum atomic E-state index is 0.00487. The van der Waals surface area contributed by atoms with E-state index in [4.69, 9.17) is 14.2 Å². The number of amides is 1. The topological polar surface area (TPSA) is 48.0 Å². The lowest BCUT2D eigenvalue weighted by atomic mass is 9.89. The molecule has 132 valence electrons. The summed E-state index contributed by atoms with van der Waals surface area (Å²) in [5, 5.41) is 0. The fourth-order valence-electron chi connectivity index (χ4n) is 3.42. The monoisotopic (exact) mass is 341 g/mol. The van der Waals surface area contributed by atoms with E-state index in [0.29, 0.717) is 18.0 Å². The van der Waals surface area contributed by atoms with Gasteiger partial charge in [0.25, 0.3) is 0 Å². The largest absolute Gasteiger partial charge is 0.497 e. The van der Waals surface area contributed by atoms with Crippen LogP contribution in [0.25, 0.3) is 0 Å². The van der Waals surface area contributed by atoms with Crippen molar-refractivity contribution < 1.29 is 19.0 Å². The molecule has 0 saturated carbocycles. The van der Waals surface area contributed by atoms with Crippen molar-refractivity contribution in [3.63, 3.8) is 0 Å². The van der Waals surface area contributed by atoms with Crippen molar-refractivity contribution in [3.05, 3.63) is 53.1 Å². The summed E-state index contributed by atoms with van der Waals surface area (Å²) in [6.07, 6.45) is 2.50. The van der Waals surface area contributed by atoms with Gasteiger partial charge in [-0.3, -0.25) is 4.79 Å². The van der Waals surface area contributed by atoms with Gasteiger partial charge in [0, 0.05) is 6.54 Å². The van der Waals surface area contributed by atoms with Crippen molar-refractivity contribution in [3.8, 4) is 17.2 Å². The van der Waals surface area contributed by atoms with Gasteiger partial charge in [-0.05, 0) is 53.8 Å². The molecule has 5 heteroatoms. The first-order valence-corrected chi connectivity index (χ1v) is 8.29. The van der Waals surface area contributed by atoms with Crippen LogP contribution >= 0.6 is 0 Å². The van der Waals surface area contributed by atoms with Crippen LogP contribution in [-0.2, 0) is 17.6 Å². The van der Waals surface area contributed by atoms with E-state index in [1.54, 1.807) is 21.3 Å². The Bertz CT molecular complexity index is 759. The zero-order chi connectivity index (χ0) is 17.8. The van der Waals surface area contributed by atoms with Crippen LogP contribution in [0.15, 0.2) is 36.4 Å². The molecule has 2 aromatic rings. The van der Waals surface area contributed by atoms with Crippen molar-refractivity contribution in [2.24, 2.45) is 0 Å². The van der Waals surface area contributed by atoms with Crippen molar-refractivity contribution in [2.75, 3.05) is 27.9 Å². The van der Waals surface area contributed by atoms with Crippen LogP contribution < -0.4 is 14.2 Å². The number of carbonyl (C=O) groups is 1. The molecule has 0 aliphatic carbocycles. The Morgan fingerprint density at radius 1 is 1.04 bits per heavy atom. The predicted octanol–water partition coefficient (Wildman–Crippen LogP) is 3.01. The quantitative estimate of drug-likeness (QED) is 0.758. The van der Waals surface area contributed by atoms with E-state index in [-0.39, 0.29) is 6.04 Å². The minimum Gasteiger partial charge on any atom is -0.497 e. The lowest BCUT2D eigenvalue weighted by Gasteiger charge is -2.35. The normalized spacial score (nSPS) is 16.1. The molecule has 5 nitrogen and oxygen atoms in total. The second kappa shape index (κ2) is 7.47. The highest BCUT2D eigenvalue weighted by molar-refractivity contribution is 5.53. The first-order chi connectivity index (χ1) is 12.2. The van der Waals surface area contributed by atoms with Gasteiger partial charge >= 0.3 is 0 Å². The molecule has 1 heterocycles. The molecule has 1 amide bonds. The van der Waals surface area contributed by atoms with Crippen LogP contribution in [0.5, 0.6) is 17.2 Å². The summed E-state index contributed by atoms with van der Waals surface area (Å²) >= 11 is 0. The molecule has 0 radical (unpaired) electrons. The molecule has 1 aliphatic heterocycles. The maximum absolute atomic E-state index is 11.6. The SMILES string of the molecule is COc1ccc2c(c1)CCN(C=O)[C@H]2Cc1ccc(OC)c(OC)c1. The number of carbonyl (C=O) groups excluding carboxylic acids is 1. The van der Waals surface area contributed by atoms with Crippen molar-refractivity contribution in [1.82, 2.24) is 4.90 Å². The van der Waals surface area contributed by atoms with Crippen LogP contribution in [0.4, 0.5) is 0 Å². The van der Waals surface area contributed by atoms with Gasteiger partial charge in [-0.25, -0.2) is 0 Å². The molecular weight excluding hydrogens is 318 g/mol. The standard InChI is InChI=1S/C20H23NO4/c1-23-16-5-6-17-15(12-16)8-9-21(13-22)18(17)10-14-4-7-19(24-2)20(11-14)25-3/h4-7,11-13,18H,8-10H2,1-3H3/t18-/m0/s1. The fourth-order valence-corrected chi connectivity index (χ4v) is 3.42. The smallest absolute Gasteiger partial charge is 0.210 e. The number of benzene rings is 2. The zero-order valence-corrected chi connectivity index (χ0v) is 14.8. The molecule has 0 unspecified atom stereocenters. The number of ether oxygens (including phenoxy) is 3. The Hall–Kier alpha value is -2.69. The van der Waals surface area contributed by atoms with Gasteiger partial charge in [0.2, 0.25) is 6.41 Å². The minimum absolute atomic E-state index is 0.00487. The maximum Gasteiger partial charge on any atom is 0.210 e. The first-order valence-electron chi connectivity index (χ1n) is 8.29. The average Bonchev–Trinajstić information content (AvgIpc) is 2.67. The highest BCUT2D eigenvalue weighted by Crippen LogP contribution is 2.35. The molecule has 3 rings (SSSR count). The van der Waals surface area contributed by atoms with Crippen LogP contribution in [0, 0.1) is 0 Å².